The lowest BCUT2D eigenvalue weighted by atomic mass is 10.1. The number of benzene rings is 1. The van der Waals surface area contributed by atoms with Crippen molar-refractivity contribution in [3.63, 3.8) is 0 Å². The Hall–Kier alpha value is -2.38. The minimum Gasteiger partial charge on any atom is -0.366 e. The number of imidazole rings is 1. The topological polar surface area (TPSA) is 49.0 Å². The monoisotopic (exact) mass is 502 g/mol. The second-order valence-electron chi connectivity index (χ2n) is 7.88. The van der Waals surface area contributed by atoms with Crippen LogP contribution in [0.15, 0.2) is 36.0 Å². The highest BCUT2D eigenvalue weighted by Gasteiger charge is 2.33. The number of rotatable bonds is 6. The molecule has 34 heavy (non-hydrogen) atoms. The molecule has 1 atom stereocenters. The predicted molar refractivity (Wildman–Crippen MR) is 151 cm³/mol. The molecule has 0 spiro atoms. The van der Waals surface area contributed by atoms with E-state index in [1.807, 2.05) is 52.3 Å². The highest BCUT2D eigenvalue weighted by Crippen LogP contribution is 2.41. The van der Waals surface area contributed by atoms with E-state index in [2.05, 4.69) is 76.0 Å². The third-order valence-electron chi connectivity index (χ3n) is 5.38. The quantitative estimate of drug-likeness (QED) is 0.211. The SMILES string of the molecule is CC.CC.CSN(C)c1cc(C2CN2C=C(C)C)ccc1Nc1cc(Cl)nc2c1nc(C)n2C. The Balaban J connectivity index is 0.000000970. The minimum atomic E-state index is 0.444. The zero-order chi connectivity index (χ0) is 25.6. The first-order valence-electron chi connectivity index (χ1n) is 11.9. The van der Waals surface area contributed by atoms with Gasteiger partial charge in [0, 0.05) is 33.0 Å². The molecule has 0 aliphatic carbocycles. The molecular formula is C26H39ClN6S. The first-order valence-corrected chi connectivity index (χ1v) is 13.4. The van der Waals surface area contributed by atoms with E-state index in [4.69, 9.17) is 11.6 Å². The van der Waals surface area contributed by atoms with Gasteiger partial charge in [-0.1, -0.05) is 62.9 Å². The number of pyridine rings is 1. The summed E-state index contributed by atoms with van der Waals surface area (Å²) in [6.45, 7) is 15.3. The summed E-state index contributed by atoms with van der Waals surface area (Å²) in [5.41, 5.74) is 7.22. The number of hydrogen-bond acceptors (Lipinski definition) is 6. The predicted octanol–water partition coefficient (Wildman–Crippen LogP) is 7.72. The largest absolute Gasteiger partial charge is 0.366 e. The molecule has 1 aliphatic heterocycles. The van der Waals surface area contributed by atoms with Crippen LogP contribution >= 0.6 is 23.5 Å². The van der Waals surface area contributed by atoms with Gasteiger partial charge >= 0.3 is 0 Å². The lowest BCUT2D eigenvalue weighted by Gasteiger charge is -2.21. The van der Waals surface area contributed by atoms with Gasteiger partial charge in [-0.3, -0.25) is 0 Å². The summed E-state index contributed by atoms with van der Waals surface area (Å²) in [6.07, 6.45) is 4.31. The van der Waals surface area contributed by atoms with Crippen molar-refractivity contribution in [2.75, 3.05) is 29.5 Å². The van der Waals surface area contributed by atoms with Gasteiger partial charge in [0.05, 0.1) is 23.1 Å². The molecule has 1 N–H and O–H groups in total. The third-order valence-corrected chi connectivity index (χ3v) is 6.32. The van der Waals surface area contributed by atoms with Crippen molar-refractivity contribution in [3.05, 3.63) is 52.6 Å². The molecule has 6 nitrogen and oxygen atoms in total. The molecule has 3 heterocycles. The second-order valence-corrected chi connectivity index (χ2v) is 9.18. The van der Waals surface area contributed by atoms with Crippen molar-refractivity contribution in [2.45, 2.75) is 54.5 Å². The first-order chi connectivity index (χ1) is 16.3. The fourth-order valence-electron chi connectivity index (χ4n) is 3.61. The maximum atomic E-state index is 6.32. The molecule has 3 aromatic rings. The number of fused-ring (bicyclic) bond motifs is 1. The van der Waals surface area contributed by atoms with Crippen molar-refractivity contribution in [1.29, 1.82) is 0 Å². The van der Waals surface area contributed by atoms with Crippen molar-refractivity contribution in [2.24, 2.45) is 7.05 Å². The molecule has 1 unspecified atom stereocenters. The Labute approximate surface area is 214 Å². The number of nitrogens with one attached hydrogen (secondary N) is 1. The number of aryl methyl sites for hydroxylation is 2. The summed E-state index contributed by atoms with van der Waals surface area (Å²) in [4.78, 5) is 11.5. The number of aromatic nitrogens is 3. The van der Waals surface area contributed by atoms with E-state index in [9.17, 15) is 0 Å². The summed E-state index contributed by atoms with van der Waals surface area (Å²) < 4.78 is 4.12. The maximum absolute atomic E-state index is 6.32. The average molecular weight is 503 g/mol. The van der Waals surface area contributed by atoms with Gasteiger partial charge in [-0.15, -0.1) is 0 Å². The van der Waals surface area contributed by atoms with Gasteiger partial charge in [-0.05, 0) is 44.7 Å². The van der Waals surface area contributed by atoms with Crippen LogP contribution in [0.3, 0.4) is 0 Å². The van der Waals surface area contributed by atoms with Gasteiger partial charge in [0.25, 0.3) is 0 Å². The summed E-state index contributed by atoms with van der Waals surface area (Å²) in [5.74, 6) is 0.896. The van der Waals surface area contributed by atoms with Crippen LogP contribution in [0.5, 0.6) is 0 Å². The molecular weight excluding hydrogens is 464 g/mol. The lowest BCUT2D eigenvalue weighted by Crippen LogP contribution is -2.09. The van der Waals surface area contributed by atoms with Crippen LogP contribution in [0.2, 0.25) is 5.15 Å². The number of hydrogen-bond donors (Lipinski definition) is 1. The maximum Gasteiger partial charge on any atom is 0.163 e. The van der Waals surface area contributed by atoms with E-state index < -0.39 is 0 Å². The Morgan fingerprint density at radius 3 is 2.44 bits per heavy atom. The van der Waals surface area contributed by atoms with E-state index in [0.29, 0.717) is 11.2 Å². The fraction of sp³-hybridized carbons (Fsp3) is 0.462. The van der Waals surface area contributed by atoms with Crippen LogP contribution in [-0.4, -0.2) is 39.3 Å². The van der Waals surface area contributed by atoms with E-state index in [1.54, 1.807) is 11.9 Å². The fourth-order valence-corrected chi connectivity index (χ4v) is 4.15. The number of anilines is 3. The summed E-state index contributed by atoms with van der Waals surface area (Å²) >= 11 is 7.99. The molecule has 1 saturated heterocycles. The van der Waals surface area contributed by atoms with Crippen molar-refractivity contribution < 1.29 is 0 Å². The van der Waals surface area contributed by atoms with Gasteiger partial charge in [-0.25, -0.2) is 9.97 Å². The lowest BCUT2D eigenvalue weighted by molar-refractivity contribution is 0.687. The zero-order valence-electron chi connectivity index (χ0n) is 22.2. The van der Waals surface area contributed by atoms with Crippen molar-refractivity contribution in [3.8, 4) is 0 Å². The molecule has 4 rings (SSSR count). The smallest absolute Gasteiger partial charge is 0.163 e. The second kappa shape index (κ2) is 12.4. The number of allylic oxidation sites excluding steroid dienone is 1. The minimum absolute atomic E-state index is 0.444. The average Bonchev–Trinajstić information content (AvgIpc) is 3.53. The zero-order valence-corrected chi connectivity index (χ0v) is 23.8. The van der Waals surface area contributed by atoms with Crippen molar-refractivity contribution in [1.82, 2.24) is 19.4 Å². The molecule has 0 saturated carbocycles. The van der Waals surface area contributed by atoms with Gasteiger partial charge in [0.1, 0.15) is 16.5 Å². The molecule has 0 bridgehead atoms. The Kier molecular flexibility index (Phi) is 10.1. The van der Waals surface area contributed by atoms with E-state index >= 15 is 0 Å². The van der Waals surface area contributed by atoms with Crippen LogP contribution in [0.4, 0.5) is 17.1 Å². The Bertz CT molecular complexity index is 1140. The van der Waals surface area contributed by atoms with Crippen LogP contribution < -0.4 is 9.62 Å². The van der Waals surface area contributed by atoms with Gasteiger partial charge in [-0.2, -0.15) is 0 Å². The van der Waals surface area contributed by atoms with Gasteiger partial charge in [0.15, 0.2) is 5.65 Å². The highest BCUT2D eigenvalue weighted by atomic mass is 35.5. The van der Waals surface area contributed by atoms with Crippen LogP contribution in [0.25, 0.3) is 11.2 Å². The van der Waals surface area contributed by atoms with Crippen LogP contribution in [0.1, 0.15) is 59.0 Å². The van der Waals surface area contributed by atoms with Crippen LogP contribution in [0, 0.1) is 6.92 Å². The summed E-state index contributed by atoms with van der Waals surface area (Å²) in [7, 11) is 4.03. The third kappa shape index (κ3) is 6.19. The highest BCUT2D eigenvalue weighted by molar-refractivity contribution is 7.99. The molecule has 1 aliphatic rings. The van der Waals surface area contributed by atoms with Crippen LogP contribution in [-0.2, 0) is 7.05 Å². The molecule has 1 aromatic carbocycles. The first kappa shape index (κ1) is 27.9. The Morgan fingerprint density at radius 1 is 1.15 bits per heavy atom. The number of halogens is 1. The van der Waals surface area contributed by atoms with E-state index in [1.165, 1.54) is 11.1 Å². The van der Waals surface area contributed by atoms with E-state index in [-0.39, 0.29) is 0 Å². The molecule has 2 aromatic heterocycles. The van der Waals surface area contributed by atoms with Gasteiger partial charge in [0.2, 0.25) is 0 Å². The summed E-state index contributed by atoms with van der Waals surface area (Å²) in [6, 6.07) is 8.90. The number of nitrogens with zero attached hydrogens (tertiary/aromatic N) is 5. The Morgan fingerprint density at radius 2 is 1.82 bits per heavy atom. The molecule has 0 radical (unpaired) electrons. The molecule has 0 amide bonds. The summed E-state index contributed by atoms with van der Waals surface area (Å²) in [5, 5.41) is 4.01. The van der Waals surface area contributed by atoms with Crippen molar-refractivity contribution >= 4 is 51.8 Å². The molecule has 8 heteroatoms. The molecule has 1 fully saturated rings. The molecule has 186 valence electrons. The normalized spacial score (nSPS) is 14.0. The van der Waals surface area contributed by atoms with E-state index in [0.717, 1.165) is 40.6 Å². The van der Waals surface area contributed by atoms with Gasteiger partial charge < -0.3 is 19.1 Å². The standard InChI is InChI=1S/C22H27ClN6S.2C2H6/c1-13(2)11-29-12-19(29)15-7-8-16(18(9-15)28(5)30-6)25-17-10-20(23)26-22-21(17)24-14(3)27(22)4;2*1-2/h7-11,19H,12H2,1-6H3,(H,25,26);2*1-2H3.